The first kappa shape index (κ1) is 43.3. The van der Waals surface area contributed by atoms with E-state index >= 15 is 0 Å². The van der Waals surface area contributed by atoms with Crippen molar-refractivity contribution >= 4 is 0 Å². The molecule has 0 aromatic heterocycles. The Morgan fingerprint density at radius 3 is 1.98 bits per heavy atom. The van der Waals surface area contributed by atoms with Crippen LogP contribution in [0.5, 0.6) is 0 Å². The molecule has 2 spiro atoms. The van der Waals surface area contributed by atoms with Crippen molar-refractivity contribution < 1.29 is 70.0 Å². The van der Waals surface area contributed by atoms with Gasteiger partial charge in [-0.3, -0.25) is 0 Å². The third-order valence-electron chi connectivity index (χ3n) is 17.3. The number of aliphatic hydroxyl groups is 10. The van der Waals surface area contributed by atoms with Gasteiger partial charge in [0.05, 0.1) is 38.1 Å². The van der Waals surface area contributed by atoms with Gasteiger partial charge in [0.1, 0.15) is 48.8 Å². The maximum atomic E-state index is 12.2. The van der Waals surface area contributed by atoms with Gasteiger partial charge < -0.3 is 70.0 Å². The van der Waals surface area contributed by atoms with Crippen LogP contribution in [0.15, 0.2) is 11.6 Å². The topological polar surface area (TPSA) is 239 Å². The molecule has 7 aliphatic rings. The molecule has 322 valence electrons. The zero-order valence-corrected chi connectivity index (χ0v) is 34.0. The van der Waals surface area contributed by atoms with Crippen molar-refractivity contribution in [2.24, 2.45) is 50.7 Å². The van der Waals surface area contributed by atoms with E-state index in [-0.39, 0.29) is 58.0 Å². The minimum absolute atomic E-state index is 0.0522. The molecule has 7 fully saturated rings. The Balaban J connectivity index is 1.00. The fraction of sp³-hybridized carbons (Fsp3) is 0.952. The first-order valence-electron chi connectivity index (χ1n) is 21.1. The predicted molar refractivity (Wildman–Crippen MR) is 200 cm³/mol. The number of allylic oxidation sites excluding steroid dienone is 1. The summed E-state index contributed by atoms with van der Waals surface area (Å²) >= 11 is 0. The van der Waals surface area contributed by atoms with Gasteiger partial charge in [0.2, 0.25) is 0 Å². The lowest BCUT2D eigenvalue weighted by molar-refractivity contribution is -0.329. The van der Waals surface area contributed by atoms with Gasteiger partial charge in [-0.25, -0.2) is 0 Å². The van der Waals surface area contributed by atoms with E-state index in [2.05, 4.69) is 40.7 Å². The molecule has 0 bridgehead atoms. The fourth-order valence-corrected chi connectivity index (χ4v) is 14.3. The molecule has 14 heteroatoms. The van der Waals surface area contributed by atoms with Crippen molar-refractivity contribution in [3.63, 3.8) is 0 Å². The van der Waals surface area contributed by atoms with Crippen molar-refractivity contribution in [3.8, 4) is 0 Å². The van der Waals surface area contributed by atoms with Crippen LogP contribution in [0.1, 0.15) is 99.3 Å². The molecule has 2 saturated heterocycles. The second kappa shape index (κ2) is 15.3. The highest BCUT2D eigenvalue weighted by Crippen LogP contribution is 2.89. The Morgan fingerprint density at radius 2 is 1.36 bits per heavy atom. The van der Waals surface area contributed by atoms with Crippen LogP contribution in [-0.4, -0.2) is 151 Å². The molecule has 5 saturated carbocycles. The minimum Gasteiger partial charge on any atom is -0.394 e. The van der Waals surface area contributed by atoms with E-state index in [9.17, 15) is 51.1 Å². The van der Waals surface area contributed by atoms with Gasteiger partial charge in [-0.05, 0) is 115 Å². The molecule has 56 heavy (non-hydrogen) atoms. The Labute approximate surface area is 330 Å². The second-order valence-electron chi connectivity index (χ2n) is 20.2. The third-order valence-corrected chi connectivity index (χ3v) is 17.3. The monoisotopic (exact) mass is 798 g/mol. The quantitative estimate of drug-likeness (QED) is 0.103. The van der Waals surface area contributed by atoms with Crippen LogP contribution in [-0.2, 0) is 18.9 Å². The van der Waals surface area contributed by atoms with Crippen molar-refractivity contribution in [1.82, 2.24) is 0 Å². The summed E-state index contributed by atoms with van der Waals surface area (Å²) in [6.45, 7) is 12.3. The Kier molecular flexibility index (Phi) is 11.8. The first-order valence-corrected chi connectivity index (χ1v) is 21.1. The Bertz CT molecular complexity index is 1440. The van der Waals surface area contributed by atoms with Crippen LogP contribution >= 0.6 is 0 Å². The summed E-state index contributed by atoms with van der Waals surface area (Å²) in [5.74, 6) is 0.521. The van der Waals surface area contributed by atoms with Crippen LogP contribution in [0.2, 0.25) is 0 Å². The summed E-state index contributed by atoms with van der Waals surface area (Å²) in [6, 6.07) is 0. The molecule has 0 aromatic carbocycles. The lowest BCUT2D eigenvalue weighted by atomic mass is 9.41. The highest BCUT2D eigenvalue weighted by molar-refractivity contribution is 5.32. The highest BCUT2D eigenvalue weighted by Gasteiger charge is 2.84. The van der Waals surface area contributed by atoms with Gasteiger partial charge in [0, 0.05) is 0 Å². The normalized spacial score (nSPS) is 54.4. The molecule has 2 heterocycles. The van der Waals surface area contributed by atoms with Crippen LogP contribution in [0.25, 0.3) is 0 Å². The lowest BCUT2D eigenvalue weighted by Gasteiger charge is -2.64. The summed E-state index contributed by atoms with van der Waals surface area (Å²) in [6.07, 6.45) is -5.04. The Morgan fingerprint density at radius 1 is 0.750 bits per heavy atom. The van der Waals surface area contributed by atoms with Gasteiger partial charge in [-0.15, -0.1) is 0 Å². The summed E-state index contributed by atoms with van der Waals surface area (Å²) in [5.41, 5.74) is 0.129. The van der Waals surface area contributed by atoms with Gasteiger partial charge in [-0.2, -0.15) is 0 Å². The van der Waals surface area contributed by atoms with Crippen LogP contribution in [0.4, 0.5) is 0 Å². The molecule has 10 N–H and O–H groups in total. The van der Waals surface area contributed by atoms with Crippen molar-refractivity contribution in [1.29, 1.82) is 0 Å². The molecule has 21 atom stereocenters. The molecule has 0 radical (unpaired) electrons. The van der Waals surface area contributed by atoms with Crippen molar-refractivity contribution in [2.45, 2.75) is 179 Å². The minimum atomic E-state index is -1.52. The van der Waals surface area contributed by atoms with E-state index in [1.165, 1.54) is 0 Å². The number of fused-ring (bicyclic) bond motifs is 2. The molecule has 0 aromatic rings. The van der Waals surface area contributed by atoms with Crippen LogP contribution < -0.4 is 0 Å². The zero-order chi connectivity index (χ0) is 40.9. The molecular weight excluding hydrogens is 728 g/mol. The smallest absolute Gasteiger partial charge is 0.187 e. The van der Waals surface area contributed by atoms with E-state index in [1.54, 1.807) is 0 Å². The number of ether oxygens (including phenoxy) is 4. The summed E-state index contributed by atoms with van der Waals surface area (Å²) in [5, 5.41) is 105. The molecule has 14 nitrogen and oxygen atoms in total. The zero-order valence-electron chi connectivity index (χ0n) is 34.0. The van der Waals surface area contributed by atoms with Gasteiger partial charge in [-0.1, -0.05) is 46.3 Å². The number of rotatable bonds is 11. The SMILES string of the molecule is C/C(=C\CC[C@@H](C)[C@H]1[C@@H](O)C[C@@]2(C)[C@@H]3C[C@H](O)C4C(C)(C)[C@@H](O[C@@H]5O[C@H](CO)[C@@H](O)[C@H](O)[C@H]5O)CC[C@@]45C[C@@]35CC[C@]12C)CO[C@@H]1O[C@H](CO)[C@@H](O)[C@H](O)[C@H]1O. The van der Waals surface area contributed by atoms with Gasteiger partial charge >= 0.3 is 0 Å². The van der Waals surface area contributed by atoms with E-state index in [0.29, 0.717) is 19.3 Å². The standard InChI is InChI=1S/C42H70O14/c1-20(18-53-36-33(51)31(49)29(47)24(16-43)54-36)8-7-9-21(2)28-23(46)15-40(6)26-14-22(45)35-38(3,4)27(56-37-34(52)32(50)30(48)25(17-44)55-37)10-11-42(35)19-41(26,42)13-12-39(28,40)5/h8,21-37,43-52H,7,9-19H2,1-6H3/b20-8+/t21-,22+,23+,24-,25-,26+,27+,28+,29-,30-,31+,32+,33-,34-,35?,36-,37+,39-,40+,41+,42-/m1/s1. The second-order valence-corrected chi connectivity index (χ2v) is 20.2. The molecule has 2 aliphatic heterocycles. The van der Waals surface area contributed by atoms with Crippen LogP contribution in [0.3, 0.4) is 0 Å². The maximum absolute atomic E-state index is 12.2. The third kappa shape index (κ3) is 6.42. The fourth-order valence-electron chi connectivity index (χ4n) is 14.3. The number of hydrogen-bond acceptors (Lipinski definition) is 14. The van der Waals surface area contributed by atoms with E-state index in [1.807, 2.05) is 6.92 Å². The average Bonchev–Trinajstić information content (AvgIpc) is 3.74. The maximum Gasteiger partial charge on any atom is 0.187 e. The van der Waals surface area contributed by atoms with Gasteiger partial charge in [0.25, 0.3) is 0 Å². The van der Waals surface area contributed by atoms with E-state index in [0.717, 1.165) is 44.1 Å². The summed E-state index contributed by atoms with van der Waals surface area (Å²) in [4.78, 5) is 0. The van der Waals surface area contributed by atoms with Crippen LogP contribution in [0, 0.1) is 50.7 Å². The largest absolute Gasteiger partial charge is 0.394 e. The van der Waals surface area contributed by atoms with E-state index in [4.69, 9.17) is 18.9 Å². The summed E-state index contributed by atoms with van der Waals surface area (Å²) < 4.78 is 23.4. The van der Waals surface area contributed by atoms with E-state index < -0.39 is 92.2 Å². The average molecular weight is 799 g/mol. The van der Waals surface area contributed by atoms with Gasteiger partial charge in [0.15, 0.2) is 12.6 Å². The van der Waals surface area contributed by atoms with Crippen molar-refractivity contribution in [3.05, 3.63) is 11.6 Å². The Hall–Kier alpha value is -0.820. The first-order chi connectivity index (χ1) is 26.2. The number of hydrogen-bond donors (Lipinski definition) is 10. The molecular formula is C42H70O14. The molecule has 5 aliphatic carbocycles. The number of aliphatic hydroxyl groups excluding tert-OH is 10. The summed E-state index contributed by atoms with van der Waals surface area (Å²) in [7, 11) is 0. The molecule has 7 rings (SSSR count). The highest BCUT2D eigenvalue weighted by atomic mass is 16.7. The molecule has 0 amide bonds. The lowest BCUT2D eigenvalue weighted by Crippen LogP contribution is -2.63. The van der Waals surface area contributed by atoms with Crippen molar-refractivity contribution in [2.75, 3.05) is 19.8 Å². The molecule has 1 unspecified atom stereocenters. The predicted octanol–water partition coefficient (Wildman–Crippen LogP) is 0.731.